The Morgan fingerprint density at radius 1 is 1.32 bits per heavy atom. The van der Waals surface area contributed by atoms with Crippen LogP contribution in [0.1, 0.15) is 21.7 Å². The molecule has 3 aromatic rings. The molecule has 0 saturated heterocycles. The van der Waals surface area contributed by atoms with Crippen LogP contribution in [0.5, 0.6) is 17.2 Å². The molecule has 2 aromatic heterocycles. The number of amides is 1. The van der Waals surface area contributed by atoms with E-state index in [1.165, 1.54) is 37.2 Å². The topological polar surface area (TPSA) is 180 Å². The quantitative estimate of drug-likeness (QED) is 0.238. The number of hydrazone groups is 1. The zero-order valence-corrected chi connectivity index (χ0v) is 17.3. The second-order valence-electron chi connectivity index (χ2n) is 6.63. The number of nitrogens with two attached hydrogens (primary N) is 1. The van der Waals surface area contributed by atoms with Gasteiger partial charge in [0, 0.05) is 5.56 Å². The Kier molecular flexibility index (Phi) is 6.30. The molecule has 0 bridgehead atoms. The van der Waals surface area contributed by atoms with Crippen LogP contribution in [-0.2, 0) is 6.54 Å². The molecule has 0 spiro atoms. The summed E-state index contributed by atoms with van der Waals surface area (Å²) in [6.45, 7) is 0.387. The van der Waals surface area contributed by atoms with Crippen LogP contribution >= 0.6 is 0 Å². The van der Waals surface area contributed by atoms with Crippen LogP contribution in [0.3, 0.4) is 0 Å². The third kappa shape index (κ3) is 4.53. The highest BCUT2D eigenvalue weighted by Gasteiger charge is 2.25. The van der Waals surface area contributed by atoms with Gasteiger partial charge in [-0.05, 0) is 22.4 Å². The summed E-state index contributed by atoms with van der Waals surface area (Å²) in [4.78, 5) is 13.7. The molecule has 164 valence electrons. The number of rotatable bonds is 8. The van der Waals surface area contributed by atoms with Gasteiger partial charge >= 0.3 is 0 Å². The predicted molar refractivity (Wildman–Crippen MR) is 106 cm³/mol. The highest BCUT2D eigenvalue weighted by molar-refractivity contribution is 5.94. The van der Waals surface area contributed by atoms with Gasteiger partial charge in [0.05, 0.1) is 34.5 Å². The highest BCUT2D eigenvalue weighted by atomic mass is 16.6. The van der Waals surface area contributed by atoms with Crippen LogP contribution in [0, 0.1) is 0 Å². The molecule has 0 radical (unpaired) electrons. The maximum Gasteiger partial charge on any atom is 0.294 e. The monoisotopic (exact) mass is 432 g/mol. The lowest BCUT2D eigenvalue weighted by molar-refractivity contribution is -0.873. The van der Waals surface area contributed by atoms with Crippen molar-refractivity contribution in [1.29, 1.82) is 0 Å². The molecule has 0 aliphatic carbocycles. The molecule has 31 heavy (non-hydrogen) atoms. The summed E-state index contributed by atoms with van der Waals surface area (Å²) in [6.07, 6.45) is 1.36. The van der Waals surface area contributed by atoms with E-state index in [2.05, 4.69) is 35.8 Å². The lowest BCUT2D eigenvalue weighted by atomic mass is 10.2. The van der Waals surface area contributed by atoms with Gasteiger partial charge in [0.25, 0.3) is 5.91 Å². The lowest BCUT2D eigenvalue weighted by Gasteiger charge is -2.09. The Morgan fingerprint density at radius 2 is 2.00 bits per heavy atom. The van der Waals surface area contributed by atoms with Crippen molar-refractivity contribution in [2.24, 2.45) is 5.10 Å². The smallest absolute Gasteiger partial charge is 0.294 e. The zero-order valence-electron chi connectivity index (χ0n) is 17.3. The minimum absolute atomic E-state index is 0.0140. The molecule has 0 aliphatic rings. The Morgan fingerprint density at radius 3 is 2.55 bits per heavy atom. The fourth-order valence-electron chi connectivity index (χ4n) is 2.69. The van der Waals surface area contributed by atoms with Crippen LogP contribution < -0.4 is 25.5 Å². The largest absolute Gasteiger partial charge is 0.502 e. The van der Waals surface area contributed by atoms with Crippen molar-refractivity contribution in [3.8, 4) is 23.1 Å². The number of phenols is 1. The Labute approximate surface area is 176 Å². The van der Waals surface area contributed by atoms with E-state index in [9.17, 15) is 9.90 Å². The van der Waals surface area contributed by atoms with Crippen molar-refractivity contribution in [3.63, 3.8) is 0 Å². The molecule has 0 unspecified atom stereocenters. The third-order valence-corrected chi connectivity index (χ3v) is 4.08. The standard InChI is InChI=1S/C17H21N9O5/c1-25(2)8-10-13(20-24-26(10)16-15(18)22-31-23-16)17(28)21-19-7-9-5-11(29-3)14(27)12(6-9)30-4/h5-7,27H,8H2,1-4H3,(H2,18,22)(H,21,28)/p+1/b19-7+. The van der Waals surface area contributed by atoms with Gasteiger partial charge in [0.1, 0.15) is 12.2 Å². The number of ether oxygens (including phenoxy) is 2. The summed E-state index contributed by atoms with van der Waals surface area (Å²) < 4.78 is 16.1. The lowest BCUT2D eigenvalue weighted by Crippen LogP contribution is -3.04. The second-order valence-corrected chi connectivity index (χ2v) is 6.63. The van der Waals surface area contributed by atoms with Gasteiger partial charge in [-0.3, -0.25) is 4.79 Å². The number of nitrogen functional groups attached to an aromatic ring is 1. The number of nitrogens with zero attached hydrogens (tertiary/aromatic N) is 6. The van der Waals surface area contributed by atoms with Crippen LogP contribution in [0.4, 0.5) is 5.82 Å². The first kappa shape index (κ1) is 21.5. The van der Waals surface area contributed by atoms with Crippen molar-refractivity contribution >= 4 is 17.9 Å². The summed E-state index contributed by atoms with van der Waals surface area (Å²) >= 11 is 0. The number of benzene rings is 1. The SMILES string of the molecule is COc1cc(/C=N/NC(=O)c2nnn(-c3nonc3N)c2C[NH+](C)C)cc(OC)c1O. The molecule has 0 atom stereocenters. The van der Waals surface area contributed by atoms with Crippen molar-refractivity contribution in [3.05, 3.63) is 29.1 Å². The highest BCUT2D eigenvalue weighted by Crippen LogP contribution is 2.36. The summed E-state index contributed by atoms with van der Waals surface area (Å²) in [5.74, 6) is -0.184. The van der Waals surface area contributed by atoms with Crippen molar-refractivity contribution < 1.29 is 28.9 Å². The van der Waals surface area contributed by atoms with E-state index < -0.39 is 5.91 Å². The van der Waals surface area contributed by atoms with E-state index in [4.69, 9.17) is 15.2 Å². The first-order valence-electron chi connectivity index (χ1n) is 8.96. The minimum Gasteiger partial charge on any atom is -0.502 e. The minimum atomic E-state index is -0.591. The Hall–Kier alpha value is -4.20. The van der Waals surface area contributed by atoms with E-state index in [1.807, 2.05) is 14.1 Å². The number of phenolic OH excluding ortho intramolecular Hbond substituents is 1. The fraction of sp³-hybridized carbons (Fsp3) is 0.294. The summed E-state index contributed by atoms with van der Waals surface area (Å²) in [7, 11) is 6.61. The molecule has 0 aliphatic heterocycles. The van der Waals surface area contributed by atoms with Gasteiger partial charge in [-0.2, -0.15) is 9.78 Å². The average molecular weight is 432 g/mol. The molecule has 3 rings (SSSR count). The molecular formula is C17H22N9O5+. The van der Waals surface area contributed by atoms with Gasteiger partial charge in [0.2, 0.25) is 17.4 Å². The van der Waals surface area contributed by atoms with Gasteiger partial charge in [-0.25, -0.2) is 10.1 Å². The summed E-state index contributed by atoms with van der Waals surface area (Å²) in [5.41, 5.74) is 9.14. The fourth-order valence-corrected chi connectivity index (χ4v) is 2.69. The first-order valence-corrected chi connectivity index (χ1v) is 8.96. The van der Waals surface area contributed by atoms with Crippen molar-refractivity contribution in [2.45, 2.75) is 6.54 Å². The maximum atomic E-state index is 12.7. The van der Waals surface area contributed by atoms with E-state index in [1.54, 1.807) is 0 Å². The van der Waals surface area contributed by atoms with E-state index in [-0.39, 0.29) is 34.6 Å². The van der Waals surface area contributed by atoms with Crippen molar-refractivity contribution in [2.75, 3.05) is 34.0 Å². The number of methoxy groups -OCH3 is 2. The summed E-state index contributed by atoms with van der Waals surface area (Å²) in [5, 5.41) is 29.0. The molecule has 14 nitrogen and oxygen atoms in total. The third-order valence-electron chi connectivity index (χ3n) is 4.08. The van der Waals surface area contributed by atoms with Crippen LogP contribution in [0.25, 0.3) is 5.82 Å². The number of hydrogen-bond donors (Lipinski definition) is 4. The molecule has 14 heteroatoms. The number of anilines is 1. The van der Waals surface area contributed by atoms with Gasteiger partial charge in [-0.15, -0.1) is 5.10 Å². The molecule has 5 N–H and O–H groups in total. The maximum absolute atomic E-state index is 12.7. The first-order chi connectivity index (χ1) is 14.8. The van der Waals surface area contributed by atoms with E-state index in [0.717, 1.165) is 4.90 Å². The summed E-state index contributed by atoms with van der Waals surface area (Å²) in [6, 6.07) is 3.07. The number of quaternary nitrogens is 1. The number of aromatic hydroxyl groups is 1. The number of nitrogens with one attached hydrogen (secondary N) is 2. The number of aromatic nitrogens is 5. The second kappa shape index (κ2) is 9.08. The average Bonchev–Trinajstić information content (AvgIpc) is 3.34. The number of carbonyl (C=O) groups is 1. The van der Waals surface area contributed by atoms with Gasteiger partial charge in [0.15, 0.2) is 17.2 Å². The van der Waals surface area contributed by atoms with Crippen LogP contribution in [0.15, 0.2) is 21.9 Å². The number of carbonyl (C=O) groups excluding carboxylic acids is 1. The Bertz CT molecular complexity index is 1080. The Balaban J connectivity index is 1.84. The van der Waals surface area contributed by atoms with E-state index in [0.29, 0.717) is 17.8 Å². The molecule has 1 amide bonds. The normalized spacial score (nSPS) is 11.3. The molecule has 2 heterocycles. The molecule has 0 saturated carbocycles. The van der Waals surface area contributed by atoms with Crippen LogP contribution in [-0.4, -0.2) is 70.9 Å². The molecule has 1 aromatic carbocycles. The van der Waals surface area contributed by atoms with Crippen molar-refractivity contribution in [1.82, 2.24) is 30.7 Å². The van der Waals surface area contributed by atoms with Gasteiger partial charge in [-0.1, -0.05) is 5.21 Å². The van der Waals surface area contributed by atoms with Gasteiger partial charge < -0.3 is 25.2 Å². The predicted octanol–water partition coefficient (Wildman–Crippen LogP) is -1.64. The molecular weight excluding hydrogens is 410 g/mol. The number of hydrogen-bond acceptors (Lipinski definition) is 11. The van der Waals surface area contributed by atoms with Crippen LogP contribution in [0.2, 0.25) is 0 Å². The van der Waals surface area contributed by atoms with E-state index >= 15 is 0 Å². The zero-order chi connectivity index (χ0) is 22.5. The molecule has 0 fully saturated rings.